The van der Waals surface area contributed by atoms with E-state index in [-0.39, 0.29) is 23.1 Å². The van der Waals surface area contributed by atoms with Crippen molar-refractivity contribution in [3.8, 4) is 5.75 Å². The van der Waals surface area contributed by atoms with E-state index >= 15 is 0 Å². The van der Waals surface area contributed by atoms with E-state index < -0.39 is 4.92 Å². The number of anilines is 1. The number of hydrazine groups is 1. The van der Waals surface area contributed by atoms with Gasteiger partial charge in [0.15, 0.2) is 11.6 Å². The molecule has 1 heterocycles. The predicted molar refractivity (Wildman–Crippen MR) is 72.3 cm³/mol. The van der Waals surface area contributed by atoms with Gasteiger partial charge in [-0.15, -0.1) is 0 Å². The highest BCUT2D eigenvalue weighted by Crippen LogP contribution is 2.30. The quantitative estimate of drug-likeness (QED) is 0.491. The molecule has 0 aliphatic rings. The molecule has 0 aliphatic carbocycles. The van der Waals surface area contributed by atoms with Gasteiger partial charge >= 0.3 is 5.69 Å². The molecule has 20 heavy (non-hydrogen) atoms. The summed E-state index contributed by atoms with van der Waals surface area (Å²) in [5, 5.41) is 11.2. The lowest BCUT2D eigenvalue weighted by molar-refractivity contribution is -0.385. The molecule has 0 radical (unpaired) electrons. The van der Waals surface area contributed by atoms with Crippen LogP contribution in [0.25, 0.3) is 0 Å². The molecular weight excluding hydrogens is 286 g/mol. The van der Waals surface area contributed by atoms with Crippen molar-refractivity contribution in [2.45, 2.75) is 6.61 Å². The highest BCUT2D eigenvalue weighted by molar-refractivity contribution is 6.30. The van der Waals surface area contributed by atoms with Gasteiger partial charge < -0.3 is 10.2 Å². The van der Waals surface area contributed by atoms with E-state index in [9.17, 15) is 10.1 Å². The number of nitrogens with two attached hydrogens (primary N) is 1. The summed E-state index contributed by atoms with van der Waals surface area (Å²) < 4.78 is 5.36. The number of nitrogens with one attached hydrogen (secondary N) is 1. The van der Waals surface area contributed by atoms with Crippen molar-refractivity contribution in [2.75, 3.05) is 5.43 Å². The van der Waals surface area contributed by atoms with Crippen LogP contribution in [0.4, 0.5) is 11.5 Å². The molecule has 0 bridgehead atoms. The number of aromatic nitrogens is 2. The fraction of sp³-hybridized carbons (Fsp3) is 0.0909. The van der Waals surface area contributed by atoms with Gasteiger partial charge in [-0.1, -0.05) is 11.6 Å². The van der Waals surface area contributed by atoms with Crippen LogP contribution in [0.2, 0.25) is 5.02 Å². The Labute approximate surface area is 118 Å². The molecule has 0 unspecified atom stereocenters. The average Bonchev–Trinajstić information content (AvgIpc) is 2.46. The van der Waals surface area contributed by atoms with Crippen LogP contribution >= 0.6 is 11.6 Å². The third-order valence-electron chi connectivity index (χ3n) is 2.35. The van der Waals surface area contributed by atoms with E-state index in [2.05, 4.69) is 15.4 Å². The van der Waals surface area contributed by atoms with Crippen molar-refractivity contribution >= 4 is 23.1 Å². The first-order valence-corrected chi connectivity index (χ1v) is 5.82. The van der Waals surface area contributed by atoms with Gasteiger partial charge in [-0.2, -0.15) is 0 Å². The molecule has 8 nitrogen and oxygen atoms in total. The van der Waals surface area contributed by atoms with Crippen LogP contribution in [0, 0.1) is 10.1 Å². The molecule has 0 saturated heterocycles. The summed E-state index contributed by atoms with van der Waals surface area (Å²) in [6, 6.07) is 4.17. The Kier molecular flexibility index (Phi) is 4.28. The summed E-state index contributed by atoms with van der Waals surface area (Å²) in [6.07, 6.45) is 2.88. The molecule has 1 aromatic carbocycles. The van der Waals surface area contributed by atoms with Gasteiger partial charge in [0, 0.05) is 11.1 Å². The lowest BCUT2D eigenvalue weighted by atomic mass is 10.3. The van der Waals surface area contributed by atoms with Crippen molar-refractivity contribution in [2.24, 2.45) is 5.84 Å². The molecule has 0 amide bonds. The predicted octanol–water partition coefficient (Wildman–Crippen LogP) is 1.90. The molecule has 0 atom stereocenters. The molecule has 2 aromatic rings. The number of benzene rings is 1. The maximum atomic E-state index is 10.9. The summed E-state index contributed by atoms with van der Waals surface area (Å²) >= 11 is 5.71. The van der Waals surface area contributed by atoms with E-state index in [1.54, 1.807) is 0 Å². The van der Waals surface area contributed by atoms with Crippen LogP contribution < -0.4 is 16.0 Å². The van der Waals surface area contributed by atoms with E-state index in [1.165, 1.54) is 30.6 Å². The van der Waals surface area contributed by atoms with E-state index in [4.69, 9.17) is 22.2 Å². The summed E-state index contributed by atoms with van der Waals surface area (Å²) in [5.74, 6) is 5.68. The Balaban J connectivity index is 2.12. The molecule has 3 N–H and O–H groups in total. The van der Waals surface area contributed by atoms with E-state index in [0.29, 0.717) is 11.5 Å². The minimum atomic E-state index is -0.561. The minimum absolute atomic E-state index is 0.0420. The second kappa shape index (κ2) is 6.13. The summed E-state index contributed by atoms with van der Waals surface area (Å²) in [4.78, 5) is 18.3. The molecule has 9 heteroatoms. The first-order valence-electron chi connectivity index (χ1n) is 5.44. The Bertz CT molecular complexity index is 620. The van der Waals surface area contributed by atoms with E-state index in [1.807, 2.05) is 0 Å². The van der Waals surface area contributed by atoms with Gasteiger partial charge in [0.05, 0.1) is 23.0 Å². The Morgan fingerprint density at radius 3 is 2.80 bits per heavy atom. The number of nitrogen functional groups attached to an aromatic ring is 1. The second-order valence-corrected chi connectivity index (χ2v) is 4.13. The molecule has 0 fully saturated rings. The molecule has 2 rings (SSSR count). The summed E-state index contributed by atoms with van der Waals surface area (Å²) in [6.45, 7) is 0.0420. The number of ether oxygens (including phenoxy) is 1. The van der Waals surface area contributed by atoms with Crippen LogP contribution in [0.1, 0.15) is 5.69 Å². The van der Waals surface area contributed by atoms with Gasteiger partial charge in [-0.25, -0.2) is 10.8 Å². The van der Waals surface area contributed by atoms with Crippen LogP contribution in [0.15, 0.2) is 30.6 Å². The van der Waals surface area contributed by atoms with Crippen molar-refractivity contribution < 1.29 is 9.66 Å². The normalized spacial score (nSPS) is 10.1. The highest BCUT2D eigenvalue weighted by Gasteiger charge is 2.15. The van der Waals surface area contributed by atoms with Gasteiger partial charge in [0.1, 0.15) is 6.61 Å². The molecule has 0 saturated carbocycles. The summed E-state index contributed by atoms with van der Waals surface area (Å²) in [7, 11) is 0. The van der Waals surface area contributed by atoms with Gasteiger partial charge in [0.25, 0.3) is 0 Å². The standard InChI is InChI=1S/C11H10ClN5O3/c12-7-1-2-10(9(3-7)17(18)19)20-6-8-4-15-11(16-13)5-14-8/h1-5H,6,13H2,(H,15,16). The lowest BCUT2D eigenvalue weighted by Crippen LogP contribution is -2.09. The minimum Gasteiger partial charge on any atom is -0.480 e. The Hall–Kier alpha value is -2.45. The zero-order valence-electron chi connectivity index (χ0n) is 10.1. The molecule has 104 valence electrons. The number of nitro benzene ring substituents is 1. The SMILES string of the molecule is NNc1cnc(COc2ccc(Cl)cc2[N+](=O)[O-])cn1. The number of nitro groups is 1. The number of hydrogen-bond donors (Lipinski definition) is 2. The highest BCUT2D eigenvalue weighted by atomic mass is 35.5. The number of hydrogen-bond acceptors (Lipinski definition) is 7. The maximum absolute atomic E-state index is 10.9. The van der Waals surface area contributed by atoms with Crippen LogP contribution in [0.3, 0.4) is 0 Å². The monoisotopic (exact) mass is 295 g/mol. The zero-order chi connectivity index (χ0) is 14.5. The molecular formula is C11H10ClN5O3. The van der Waals surface area contributed by atoms with Crippen LogP contribution in [0.5, 0.6) is 5.75 Å². The lowest BCUT2D eigenvalue weighted by Gasteiger charge is -2.06. The maximum Gasteiger partial charge on any atom is 0.312 e. The molecule has 0 spiro atoms. The average molecular weight is 296 g/mol. The summed E-state index contributed by atoms with van der Waals surface area (Å²) in [5.41, 5.74) is 2.64. The van der Waals surface area contributed by atoms with Gasteiger partial charge in [-0.05, 0) is 12.1 Å². The number of rotatable bonds is 5. The number of halogens is 1. The van der Waals surface area contributed by atoms with Gasteiger partial charge in [-0.3, -0.25) is 15.1 Å². The number of nitrogens with zero attached hydrogens (tertiary/aromatic N) is 3. The van der Waals surface area contributed by atoms with Gasteiger partial charge in [0.2, 0.25) is 0 Å². The van der Waals surface area contributed by atoms with Crippen LogP contribution in [-0.2, 0) is 6.61 Å². The fourth-order valence-electron chi connectivity index (χ4n) is 1.41. The Morgan fingerprint density at radius 1 is 1.40 bits per heavy atom. The first-order chi connectivity index (χ1) is 9.60. The van der Waals surface area contributed by atoms with Crippen molar-refractivity contribution in [3.63, 3.8) is 0 Å². The van der Waals surface area contributed by atoms with Crippen molar-refractivity contribution in [3.05, 3.63) is 51.4 Å². The largest absolute Gasteiger partial charge is 0.480 e. The smallest absolute Gasteiger partial charge is 0.312 e. The molecule has 0 aliphatic heterocycles. The topological polar surface area (TPSA) is 116 Å². The van der Waals surface area contributed by atoms with E-state index in [0.717, 1.165) is 0 Å². The third kappa shape index (κ3) is 3.31. The Morgan fingerprint density at radius 2 is 2.20 bits per heavy atom. The molecule has 1 aromatic heterocycles. The van der Waals surface area contributed by atoms with Crippen LogP contribution in [-0.4, -0.2) is 14.9 Å². The third-order valence-corrected chi connectivity index (χ3v) is 2.58. The zero-order valence-corrected chi connectivity index (χ0v) is 10.9. The first kappa shape index (κ1) is 14.0. The fourth-order valence-corrected chi connectivity index (χ4v) is 1.58. The second-order valence-electron chi connectivity index (χ2n) is 3.70. The van der Waals surface area contributed by atoms with Crippen molar-refractivity contribution in [1.82, 2.24) is 9.97 Å². The van der Waals surface area contributed by atoms with Crippen molar-refractivity contribution in [1.29, 1.82) is 0 Å².